The summed E-state index contributed by atoms with van der Waals surface area (Å²) < 4.78 is 18.0. The molecule has 2 aromatic rings. The van der Waals surface area contributed by atoms with Gasteiger partial charge in [0.1, 0.15) is 18.2 Å². The monoisotopic (exact) mass is 366 g/mol. The standard InChI is InChI=1S/C18H13Cl2FO3/c19-16-7-11(10-1-3-13(21)4-2-10)8-17(20)15(16)6-12-5-14(9-22)24-18(12)23/h1-5,7-8,12,22H,6,9H2/t12-/m0/s1. The van der Waals surface area contributed by atoms with E-state index in [1.807, 2.05) is 0 Å². The maximum atomic E-state index is 13.0. The first-order valence-electron chi connectivity index (χ1n) is 7.25. The van der Waals surface area contributed by atoms with Crippen LogP contribution in [-0.2, 0) is 16.0 Å². The molecule has 0 aliphatic carbocycles. The van der Waals surface area contributed by atoms with Crippen molar-refractivity contribution in [1.29, 1.82) is 0 Å². The molecule has 0 aromatic heterocycles. The third-order valence-corrected chi connectivity index (χ3v) is 4.49. The molecule has 0 amide bonds. The van der Waals surface area contributed by atoms with E-state index in [0.717, 1.165) is 11.1 Å². The van der Waals surface area contributed by atoms with Crippen LogP contribution in [0, 0.1) is 11.7 Å². The van der Waals surface area contributed by atoms with E-state index in [1.165, 1.54) is 12.1 Å². The average Bonchev–Trinajstić information content (AvgIpc) is 2.91. The Hall–Kier alpha value is -1.88. The fourth-order valence-electron chi connectivity index (χ4n) is 2.59. The van der Waals surface area contributed by atoms with Crippen molar-refractivity contribution in [3.05, 3.63) is 69.7 Å². The predicted octanol–water partition coefficient (Wildman–Crippen LogP) is 4.39. The maximum absolute atomic E-state index is 13.0. The maximum Gasteiger partial charge on any atom is 0.318 e. The predicted molar refractivity (Wildman–Crippen MR) is 90.3 cm³/mol. The van der Waals surface area contributed by atoms with Crippen molar-refractivity contribution in [3.63, 3.8) is 0 Å². The number of esters is 1. The molecule has 124 valence electrons. The number of benzene rings is 2. The zero-order valence-corrected chi connectivity index (χ0v) is 13.9. The molecule has 0 spiro atoms. The van der Waals surface area contributed by atoms with E-state index >= 15 is 0 Å². The highest BCUT2D eigenvalue weighted by Crippen LogP contribution is 2.34. The SMILES string of the molecule is O=C1OC(CO)=C[C@H]1Cc1c(Cl)cc(-c2ccc(F)cc2)cc1Cl. The number of cyclic esters (lactones) is 1. The van der Waals surface area contributed by atoms with Gasteiger partial charge in [-0.25, -0.2) is 4.39 Å². The van der Waals surface area contributed by atoms with Gasteiger partial charge in [0.05, 0.1) is 5.92 Å². The Morgan fingerprint density at radius 2 is 1.71 bits per heavy atom. The number of carbonyl (C=O) groups is 1. The van der Waals surface area contributed by atoms with Crippen molar-refractivity contribution in [1.82, 2.24) is 0 Å². The highest BCUT2D eigenvalue weighted by atomic mass is 35.5. The Bertz CT molecular complexity index is 793. The fraction of sp³-hybridized carbons (Fsp3) is 0.167. The number of rotatable bonds is 4. The minimum atomic E-state index is -0.529. The second kappa shape index (κ2) is 6.93. The van der Waals surface area contributed by atoms with Crippen LogP contribution in [0.25, 0.3) is 11.1 Å². The molecule has 1 aliphatic heterocycles. The molecule has 0 saturated heterocycles. The van der Waals surface area contributed by atoms with E-state index in [1.54, 1.807) is 30.3 Å². The third-order valence-electron chi connectivity index (χ3n) is 3.82. The van der Waals surface area contributed by atoms with Gasteiger partial charge in [-0.05, 0) is 53.5 Å². The molecule has 1 atom stereocenters. The van der Waals surface area contributed by atoms with E-state index in [4.69, 9.17) is 33.0 Å². The number of ether oxygens (including phenoxy) is 1. The van der Waals surface area contributed by atoms with Crippen LogP contribution in [0.15, 0.2) is 48.2 Å². The first kappa shape index (κ1) is 17.0. The Morgan fingerprint density at radius 3 is 2.25 bits per heavy atom. The van der Waals surface area contributed by atoms with Crippen molar-refractivity contribution >= 4 is 29.2 Å². The molecule has 1 heterocycles. The lowest BCUT2D eigenvalue weighted by molar-refractivity contribution is -0.140. The number of halogens is 3. The molecule has 0 radical (unpaired) electrons. The lowest BCUT2D eigenvalue weighted by atomic mass is 9.97. The average molecular weight is 367 g/mol. The number of hydrogen-bond donors (Lipinski definition) is 1. The number of carbonyl (C=O) groups excluding carboxylic acids is 1. The molecule has 24 heavy (non-hydrogen) atoms. The van der Waals surface area contributed by atoms with Gasteiger partial charge in [-0.15, -0.1) is 0 Å². The number of aliphatic hydroxyl groups is 1. The minimum absolute atomic E-state index is 0.236. The lowest BCUT2D eigenvalue weighted by Crippen LogP contribution is -2.12. The van der Waals surface area contributed by atoms with E-state index < -0.39 is 11.9 Å². The highest BCUT2D eigenvalue weighted by Gasteiger charge is 2.28. The summed E-state index contributed by atoms with van der Waals surface area (Å²) in [5, 5.41) is 9.87. The van der Waals surface area contributed by atoms with Crippen LogP contribution in [0.1, 0.15) is 5.56 Å². The van der Waals surface area contributed by atoms with Gasteiger partial charge < -0.3 is 9.84 Å². The quantitative estimate of drug-likeness (QED) is 0.816. The molecule has 0 saturated carbocycles. The van der Waals surface area contributed by atoms with Crippen LogP contribution >= 0.6 is 23.2 Å². The summed E-state index contributed by atoms with van der Waals surface area (Å²) in [6.07, 6.45) is 1.85. The zero-order valence-electron chi connectivity index (χ0n) is 12.4. The Kier molecular flexibility index (Phi) is 4.90. The van der Waals surface area contributed by atoms with Crippen LogP contribution < -0.4 is 0 Å². The summed E-state index contributed by atoms with van der Waals surface area (Å²) in [6, 6.07) is 9.46. The molecule has 3 rings (SSSR count). The van der Waals surface area contributed by atoms with Gasteiger partial charge >= 0.3 is 5.97 Å². The smallest absolute Gasteiger partial charge is 0.318 e. The summed E-state index contributed by atoms with van der Waals surface area (Å²) in [4.78, 5) is 11.8. The molecule has 6 heteroatoms. The summed E-state index contributed by atoms with van der Waals surface area (Å²) in [7, 11) is 0. The molecule has 0 bridgehead atoms. The van der Waals surface area contributed by atoms with Crippen LogP contribution in [0.3, 0.4) is 0 Å². The molecule has 1 N–H and O–H groups in total. The van der Waals surface area contributed by atoms with Crippen molar-refractivity contribution in [2.24, 2.45) is 5.92 Å². The van der Waals surface area contributed by atoms with Gasteiger partial charge in [0.15, 0.2) is 0 Å². The molecule has 0 fully saturated rings. The molecule has 2 aromatic carbocycles. The van der Waals surface area contributed by atoms with Gasteiger partial charge in [-0.3, -0.25) is 4.79 Å². The van der Waals surface area contributed by atoms with Crippen LogP contribution in [0.4, 0.5) is 4.39 Å². The minimum Gasteiger partial charge on any atom is -0.428 e. The summed E-state index contributed by atoms with van der Waals surface area (Å²) >= 11 is 12.7. The highest BCUT2D eigenvalue weighted by molar-refractivity contribution is 6.36. The van der Waals surface area contributed by atoms with Gasteiger partial charge in [-0.2, -0.15) is 0 Å². The number of hydrogen-bond acceptors (Lipinski definition) is 3. The van der Waals surface area contributed by atoms with Crippen LogP contribution in [0.2, 0.25) is 10.0 Å². The second-order valence-corrected chi connectivity index (χ2v) is 6.26. The van der Waals surface area contributed by atoms with Crippen molar-refractivity contribution in [2.75, 3.05) is 6.61 Å². The van der Waals surface area contributed by atoms with Crippen molar-refractivity contribution < 1.29 is 19.0 Å². The summed E-state index contributed by atoms with van der Waals surface area (Å²) in [5.74, 6) is -1.05. The lowest BCUT2D eigenvalue weighted by Gasteiger charge is -2.12. The second-order valence-electron chi connectivity index (χ2n) is 5.45. The largest absolute Gasteiger partial charge is 0.428 e. The summed E-state index contributed by atoms with van der Waals surface area (Å²) in [6.45, 7) is -0.326. The Morgan fingerprint density at radius 1 is 1.08 bits per heavy atom. The van der Waals surface area contributed by atoms with Crippen LogP contribution in [0.5, 0.6) is 0 Å². The van der Waals surface area contributed by atoms with Gasteiger partial charge in [-0.1, -0.05) is 35.3 Å². The molecule has 1 aliphatic rings. The first-order valence-corrected chi connectivity index (χ1v) is 8.00. The summed E-state index contributed by atoms with van der Waals surface area (Å²) in [5.41, 5.74) is 2.17. The van der Waals surface area contributed by atoms with E-state index in [9.17, 15) is 9.18 Å². The molecule has 0 unspecified atom stereocenters. The topological polar surface area (TPSA) is 46.5 Å². The Balaban J connectivity index is 1.89. The van der Waals surface area contributed by atoms with Gasteiger partial charge in [0.25, 0.3) is 0 Å². The fourth-order valence-corrected chi connectivity index (χ4v) is 3.23. The first-order chi connectivity index (χ1) is 11.5. The van der Waals surface area contributed by atoms with E-state index in [0.29, 0.717) is 15.6 Å². The zero-order chi connectivity index (χ0) is 17.3. The van der Waals surface area contributed by atoms with Gasteiger partial charge in [0, 0.05) is 10.0 Å². The number of aliphatic hydroxyl groups excluding tert-OH is 1. The van der Waals surface area contributed by atoms with E-state index in [-0.39, 0.29) is 24.6 Å². The normalized spacial score (nSPS) is 16.9. The molecular formula is C18H13Cl2FO3. The third kappa shape index (κ3) is 3.46. The molecule has 3 nitrogen and oxygen atoms in total. The van der Waals surface area contributed by atoms with Crippen molar-refractivity contribution in [2.45, 2.75) is 6.42 Å². The molecular weight excluding hydrogens is 354 g/mol. The van der Waals surface area contributed by atoms with E-state index in [2.05, 4.69) is 0 Å². The Labute approximate surface area is 148 Å². The van der Waals surface area contributed by atoms with Gasteiger partial charge in [0.2, 0.25) is 0 Å². The van der Waals surface area contributed by atoms with Crippen molar-refractivity contribution in [3.8, 4) is 11.1 Å². The van der Waals surface area contributed by atoms with Crippen LogP contribution in [-0.4, -0.2) is 17.7 Å².